The summed E-state index contributed by atoms with van der Waals surface area (Å²) >= 11 is 0. The van der Waals surface area contributed by atoms with E-state index in [4.69, 9.17) is 0 Å². The van der Waals surface area contributed by atoms with Crippen LogP contribution in [0.1, 0.15) is 25.0 Å². The summed E-state index contributed by atoms with van der Waals surface area (Å²) in [5.74, 6) is 0. The van der Waals surface area contributed by atoms with Gasteiger partial charge in [0, 0.05) is 47.5 Å². The van der Waals surface area contributed by atoms with Crippen molar-refractivity contribution in [3.63, 3.8) is 0 Å². The summed E-state index contributed by atoms with van der Waals surface area (Å²) in [6.45, 7) is 4.77. The van der Waals surface area contributed by atoms with Crippen molar-refractivity contribution in [2.75, 3.05) is 4.90 Å². The van der Waals surface area contributed by atoms with Crippen LogP contribution >= 0.6 is 0 Å². The molecule has 10 rings (SSSR count). The summed E-state index contributed by atoms with van der Waals surface area (Å²) in [6.07, 6.45) is 0. The van der Waals surface area contributed by atoms with Crippen LogP contribution in [0.5, 0.6) is 0 Å². The normalized spacial score (nSPS) is 14.2. The second-order valence-corrected chi connectivity index (χ2v) is 14.7. The van der Waals surface area contributed by atoms with Gasteiger partial charge in [0.05, 0.1) is 22.5 Å². The van der Waals surface area contributed by atoms with Gasteiger partial charge in [-0.15, -0.1) is 0 Å². The van der Waals surface area contributed by atoms with Gasteiger partial charge in [-0.3, -0.25) is 0 Å². The molecule has 1 aliphatic heterocycles. The molecule has 0 atom stereocenters. The Hall–Kier alpha value is -6.48. The SMILES string of the molecule is CC1(C)c2ccccc2-c2cccc(N(c3cccc(-c4ccccc4)c3)c3cccc4c3-c3ccccc3[N+]4(c3ccccc3)c3ccccc3)c21. The number of rotatable bonds is 6. The average Bonchev–Trinajstić information content (AvgIpc) is 3.66. The maximum absolute atomic E-state index is 2.55. The summed E-state index contributed by atoms with van der Waals surface area (Å²) in [7, 11) is 0. The van der Waals surface area contributed by atoms with E-state index in [1.165, 1.54) is 72.9 Å². The third-order valence-electron chi connectivity index (χ3n) is 11.5. The van der Waals surface area contributed by atoms with Crippen LogP contribution < -0.4 is 9.38 Å². The number of quaternary nitrogens is 1. The summed E-state index contributed by atoms with van der Waals surface area (Å²) in [5.41, 5.74) is 18.4. The molecule has 8 aromatic carbocycles. The zero-order valence-electron chi connectivity index (χ0n) is 29.9. The van der Waals surface area contributed by atoms with E-state index in [-0.39, 0.29) is 5.41 Å². The van der Waals surface area contributed by atoms with E-state index in [9.17, 15) is 0 Å². The molecule has 0 saturated carbocycles. The van der Waals surface area contributed by atoms with Crippen LogP contribution in [-0.2, 0) is 5.41 Å². The molecule has 53 heavy (non-hydrogen) atoms. The quantitative estimate of drug-likeness (QED) is 0.158. The maximum Gasteiger partial charge on any atom is 0.158 e. The van der Waals surface area contributed by atoms with E-state index in [0.717, 1.165) is 11.4 Å². The Morgan fingerprint density at radius 3 is 1.68 bits per heavy atom. The van der Waals surface area contributed by atoms with Crippen LogP contribution in [0.2, 0.25) is 0 Å². The van der Waals surface area contributed by atoms with Crippen molar-refractivity contribution >= 4 is 39.8 Å². The minimum absolute atomic E-state index is 0.207. The molecule has 2 aliphatic rings. The molecular formula is C51H39N2+. The van der Waals surface area contributed by atoms with Crippen LogP contribution in [0.25, 0.3) is 33.4 Å². The van der Waals surface area contributed by atoms with Crippen molar-refractivity contribution in [1.29, 1.82) is 0 Å². The maximum atomic E-state index is 2.55. The highest BCUT2D eigenvalue weighted by Gasteiger charge is 2.49. The topological polar surface area (TPSA) is 3.24 Å². The van der Waals surface area contributed by atoms with Crippen LogP contribution in [0.3, 0.4) is 0 Å². The lowest BCUT2D eigenvalue weighted by Crippen LogP contribution is -2.31. The number of benzene rings is 8. The molecule has 0 spiro atoms. The monoisotopic (exact) mass is 679 g/mol. The Bertz CT molecular complexity index is 2600. The Morgan fingerprint density at radius 2 is 0.943 bits per heavy atom. The van der Waals surface area contributed by atoms with Gasteiger partial charge in [0.25, 0.3) is 0 Å². The molecule has 2 nitrogen and oxygen atoms in total. The molecule has 0 amide bonds. The number of nitrogens with zero attached hydrogens (tertiary/aromatic N) is 2. The van der Waals surface area contributed by atoms with Crippen LogP contribution in [0, 0.1) is 0 Å². The van der Waals surface area contributed by atoms with Gasteiger partial charge in [0.15, 0.2) is 11.4 Å². The van der Waals surface area contributed by atoms with E-state index in [1.807, 2.05) is 0 Å². The molecule has 2 heteroatoms. The lowest BCUT2D eigenvalue weighted by molar-refractivity contribution is 0.661. The number of hydrogen-bond donors (Lipinski definition) is 0. The summed E-state index contributed by atoms with van der Waals surface area (Å²) in [5, 5.41) is 0. The molecule has 0 radical (unpaired) electrons. The number of para-hydroxylation sites is 3. The molecule has 0 saturated heterocycles. The van der Waals surface area contributed by atoms with E-state index in [0.29, 0.717) is 4.48 Å². The largest absolute Gasteiger partial charge is 0.309 e. The van der Waals surface area contributed by atoms with Gasteiger partial charge in [0.1, 0.15) is 11.4 Å². The molecule has 0 aromatic heterocycles. The van der Waals surface area contributed by atoms with Crippen molar-refractivity contribution in [3.05, 3.63) is 211 Å². The number of anilines is 3. The fourth-order valence-corrected chi connectivity index (χ4v) is 9.25. The van der Waals surface area contributed by atoms with Crippen molar-refractivity contribution in [2.45, 2.75) is 19.3 Å². The van der Waals surface area contributed by atoms with Crippen LogP contribution in [0.15, 0.2) is 200 Å². The Morgan fingerprint density at radius 1 is 0.415 bits per heavy atom. The van der Waals surface area contributed by atoms with Crippen LogP contribution in [0.4, 0.5) is 39.8 Å². The minimum atomic E-state index is -0.207. The lowest BCUT2D eigenvalue weighted by atomic mass is 9.81. The fraction of sp³-hybridized carbons (Fsp3) is 0.0588. The van der Waals surface area contributed by atoms with Gasteiger partial charge in [-0.1, -0.05) is 147 Å². The van der Waals surface area contributed by atoms with E-state index < -0.39 is 0 Å². The molecule has 252 valence electrons. The first-order valence-electron chi connectivity index (χ1n) is 18.5. The zero-order chi connectivity index (χ0) is 35.6. The fourth-order valence-electron chi connectivity index (χ4n) is 9.25. The average molecular weight is 680 g/mol. The molecular weight excluding hydrogens is 641 g/mol. The Labute approximate surface area is 312 Å². The highest BCUT2D eigenvalue weighted by Crippen LogP contribution is 2.65. The highest BCUT2D eigenvalue weighted by atomic mass is 15.4. The first kappa shape index (κ1) is 31.3. The lowest BCUT2D eigenvalue weighted by Gasteiger charge is -2.35. The molecule has 8 aromatic rings. The van der Waals surface area contributed by atoms with Crippen molar-refractivity contribution in [2.24, 2.45) is 0 Å². The second kappa shape index (κ2) is 12.1. The van der Waals surface area contributed by atoms with Gasteiger partial charge in [-0.2, -0.15) is 4.48 Å². The molecule has 0 bridgehead atoms. The van der Waals surface area contributed by atoms with Gasteiger partial charge >= 0.3 is 0 Å². The zero-order valence-corrected chi connectivity index (χ0v) is 29.9. The van der Waals surface area contributed by atoms with Gasteiger partial charge in [-0.05, 0) is 63.7 Å². The third kappa shape index (κ3) is 4.56. The first-order valence-corrected chi connectivity index (χ1v) is 18.5. The summed E-state index contributed by atoms with van der Waals surface area (Å²) < 4.78 is 0.503. The first-order chi connectivity index (χ1) is 26.1. The number of fused-ring (bicyclic) bond motifs is 6. The molecule has 0 N–H and O–H groups in total. The predicted molar refractivity (Wildman–Crippen MR) is 223 cm³/mol. The summed E-state index contributed by atoms with van der Waals surface area (Å²) in [4.78, 5) is 2.55. The second-order valence-electron chi connectivity index (χ2n) is 14.7. The Balaban J connectivity index is 1.31. The van der Waals surface area contributed by atoms with Gasteiger partial charge in [0.2, 0.25) is 0 Å². The van der Waals surface area contributed by atoms with Crippen molar-refractivity contribution < 1.29 is 0 Å². The highest BCUT2D eigenvalue weighted by molar-refractivity contribution is 6.09. The van der Waals surface area contributed by atoms with Gasteiger partial charge in [-0.25, -0.2) is 0 Å². The van der Waals surface area contributed by atoms with Crippen molar-refractivity contribution in [3.8, 4) is 33.4 Å². The third-order valence-corrected chi connectivity index (χ3v) is 11.5. The molecule has 0 fully saturated rings. The molecule has 1 heterocycles. The number of hydrogen-bond acceptors (Lipinski definition) is 1. The van der Waals surface area contributed by atoms with Crippen LogP contribution in [-0.4, -0.2) is 0 Å². The predicted octanol–water partition coefficient (Wildman–Crippen LogP) is 14.4. The smallest absolute Gasteiger partial charge is 0.158 e. The summed E-state index contributed by atoms with van der Waals surface area (Å²) in [6, 6.07) is 73.5. The van der Waals surface area contributed by atoms with E-state index in [2.05, 4.69) is 219 Å². The van der Waals surface area contributed by atoms with Gasteiger partial charge < -0.3 is 4.90 Å². The standard InChI is InChI=1S/C51H39N2/c1-51(2)44-30-14-12-27-41(44)42-29-17-32-46(50(42)51)52(38-22-16-21-37(35-38)36-19-6-3-7-20-36)45-31-18-34-48-49(45)43-28-13-15-33-47(43)53(48,39-23-8-4-9-24-39)40-25-10-5-11-26-40/h3-35H,1-2H3/q+1. The Kier molecular flexibility index (Phi) is 7.11. The van der Waals surface area contributed by atoms with E-state index in [1.54, 1.807) is 0 Å². The van der Waals surface area contributed by atoms with E-state index >= 15 is 0 Å². The molecule has 1 aliphatic carbocycles. The van der Waals surface area contributed by atoms with Crippen molar-refractivity contribution in [1.82, 2.24) is 4.48 Å². The molecule has 0 unspecified atom stereocenters. The minimum Gasteiger partial charge on any atom is -0.309 e.